The molecule has 2 aromatic carbocycles. The molecule has 0 bridgehead atoms. The predicted molar refractivity (Wildman–Crippen MR) is 123 cm³/mol. The Bertz CT molecular complexity index is 1380. The molecule has 4 aromatic rings. The van der Waals surface area contributed by atoms with Gasteiger partial charge in [0.15, 0.2) is 5.78 Å². The standard InChI is InChI=1S/C25H23FN2O2S/c1-14-9-10-19(11-15(14)2)21(29)13-28-22(12-18-7-5-6-8-20(18)26)27-24-23(25(28)30)16(3)17(4)31-24/h5-11H,12-13H2,1-4H3. The van der Waals surface area contributed by atoms with Gasteiger partial charge in [0.25, 0.3) is 5.56 Å². The molecule has 0 radical (unpaired) electrons. The first kappa shape index (κ1) is 21.1. The van der Waals surface area contributed by atoms with Crippen LogP contribution in [0.3, 0.4) is 0 Å². The molecule has 158 valence electrons. The van der Waals surface area contributed by atoms with Crippen molar-refractivity contribution in [3.8, 4) is 0 Å². The van der Waals surface area contributed by atoms with Crippen LogP contribution in [0.15, 0.2) is 47.3 Å². The third kappa shape index (κ3) is 3.95. The van der Waals surface area contributed by atoms with Crippen molar-refractivity contribution in [2.75, 3.05) is 0 Å². The normalized spacial score (nSPS) is 11.3. The average Bonchev–Trinajstić information content (AvgIpc) is 3.02. The molecule has 4 rings (SSSR count). The molecule has 0 spiro atoms. The molecule has 0 unspecified atom stereocenters. The highest BCUT2D eigenvalue weighted by molar-refractivity contribution is 7.18. The summed E-state index contributed by atoms with van der Waals surface area (Å²) < 4.78 is 15.7. The first-order valence-corrected chi connectivity index (χ1v) is 10.9. The number of benzene rings is 2. The topological polar surface area (TPSA) is 52.0 Å². The number of ketones is 1. The highest BCUT2D eigenvalue weighted by Gasteiger charge is 2.20. The number of aryl methyl sites for hydroxylation is 4. The van der Waals surface area contributed by atoms with Gasteiger partial charge in [0, 0.05) is 16.9 Å². The van der Waals surface area contributed by atoms with Crippen molar-refractivity contribution in [3.05, 3.63) is 97.2 Å². The fourth-order valence-electron chi connectivity index (χ4n) is 3.63. The van der Waals surface area contributed by atoms with Crippen molar-refractivity contribution in [1.82, 2.24) is 9.55 Å². The van der Waals surface area contributed by atoms with Crippen molar-refractivity contribution in [2.45, 2.75) is 40.7 Å². The van der Waals surface area contributed by atoms with Crippen molar-refractivity contribution in [3.63, 3.8) is 0 Å². The fraction of sp³-hybridized carbons (Fsp3) is 0.240. The molecule has 0 fully saturated rings. The van der Waals surface area contributed by atoms with Crippen molar-refractivity contribution < 1.29 is 9.18 Å². The summed E-state index contributed by atoms with van der Waals surface area (Å²) in [4.78, 5) is 32.8. The number of rotatable bonds is 5. The van der Waals surface area contributed by atoms with E-state index in [4.69, 9.17) is 4.98 Å². The van der Waals surface area contributed by atoms with E-state index in [9.17, 15) is 14.0 Å². The Balaban J connectivity index is 1.84. The number of Topliss-reactive ketones (excluding diaryl/α,β-unsaturated/α-hetero) is 1. The van der Waals surface area contributed by atoms with Crippen LogP contribution in [0.2, 0.25) is 0 Å². The Hall–Kier alpha value is -3.12. The van der Waals surface area contributed by atoms with Crippen molar-refractivity contribution in [1.29, 1.82) is 0 Å². The number of hydrogen-bond donors (Lipinski definition) is 0. The van der Waals surface area contributed by atoms with Crippen LogP contribution in [-0.4, -0.2) is 15.3 Å². The Morgan fingerprint density at radius 1 is 1.06 bits per heavy atom. The Morgan fingerprint density at radius 3 is 2.52 bits per heavy atom. The molecule has 0 aliphatic carbocycles. The number of thiophene rings is 1. The summed E-state index contributed by atoms with van der Waals surface area (Å²) in [7, 11) is 0. The zero-order valence-electron chi connectivity index (χ0n) is 18.0. The van der Waals surface area contributed by atoms with E-state index in [-0.39, 0.29) is 30.1 Å². The van der Waals surface area contributed by atoms with Gasteiger partial charge in [0.05, 0.1) is 11.9 Å². The monoisotopic (exact) mass is 434 g/mol. The lowest BCUT2D eigenvalue weighted by Crippen LogP contribution is -2.29. The van der Waals surface area contributed by atoms with Gasteiger partial charge in [-0.2, -0.15) is 0 Å². The summed E-state index contributed by atoms with van der Waals surface area (Å²) in [5, 5.41) is 0.535. The van der Waals surface area contributed by atoms with Crippen LogP contribution in [-0.2, 0) is 13.0 Å². The Labute approximate surface area is 184 Å². The van der Waals surface area contributed by atoms with Gasteiger partial charge < -0.3 is 0 Å². The second kappa shape index (κ2) is 8.19. The second-order valence-corrected chi connectivity index (χ2v) is 9.08. The number of halogens is 1. The lowest BCUT2D eigenvalue weighted by atomic mass is 10.0. The molecule has 6 heteroatoms. The molecule has 0 saturated carbocycles. The largest absolute Gasteiger partial charge is 0.292 e. The van der Waals surface area contributed by atoms with Crippen LogP contribution in [0, 0.1) is 33.5 Å². The molecule has 2 aromatic heterocycles. The molecule has 0 N–H and O–H groups in total. The van der Waals surface area contributed by atoms with E-state index in [0.29, 0.717) is 27.2 Å². The molecule has 0 aliphatic heterocycles. The average molecular weight is 435 g/mol. The maximum atomic E-state index is 14.3. The minimum Gasteiger partial charge on any atom is -0.292 e. The van der Waals surface area contributed by atoms with E-state index in [2.05, 4.69) is 0 Å². The molecule has 0 saturated heterocycles. The molecule has 0 aliphatic rings. The number of fused-ring (bicyclic) bond motifs is 1. The van der Waals surface area contributed by atoms with Gasteiger partial charge in [-0.3, -0.25) is 14.2 Å². The highest BCUT2D eigenvalue weighted by Crippen LogP contribution is 2.27. The van der Waals surface area contributed by atoms with Crippen LogP contribution < -0.4 is 5.56 Å². The maximum absolute atomic E-state index is 14.3. The van der Waals surface area contributed by atoms with Crippen LogP contribution in [0.1, 0.15) is 43.3 Å². The van der Waals surface area contributed by atoms with Gasteiger partial charge in [-0.15, -0.1) is 11.3 Å². The van der Waals surface area contributed by atoms with E-state index < -0.39 is 0 Å². The van der Waals surface area contributed by atoms with Crippen LogP contribution in [0.4, 0.5) is 4.39 Å². The smallest absolute Gasteiger partial charge is 0.262 e. The molecule has 31 heavy (non-hydrogen) atoms. The molecular weight excluding hydrogens is 411 g/mol. The zero-order valence-corrected chi connectivity index (χ0v) is 18.8. The summed E-state index contributed by atoms with van der Waals surface area (Å²) >= 11 is 1.45. The van der Waals surface area contributed by atoms with Crippen LogP contribution in [0.25, 0.3) is 10.2 Å². The summed E-state index contributed by atoms with van der Waals surface area (Å²) in [6.07, 6.45) is 0.133. The summed E-state index contributed by atoms with van der Waals surface area (Å²) in [5.41, 5.74) is 3.72. The molecule has 2 heterocycles. The minimum absolute atomic E-state index is 0.133. The lowest BCUT2D eigenvalue weighted by molar-refractivity contribution is 0.0969. The second-order valence-electron chi connectivity index (χ2n) is 7.87. The number of carbonyl (C=O) groups excluding carboxylic acids is 1. The third-order valence-electron chi connectivity index (χ3n) is 5.80. The summed E-state index contributed by atoms with van der Waals surface area (Å²) in [6, 6.07) is 11.9. The SMILES string of the molecule is Cc1ccc(C(=O)Cn2c(Cc3ccccc3F)nc3sc(C)c(C)c3c2=O)cc1C. The molecular formula is C25H23FN2O2S. The van der Waals surface area contributed by atoms with Gasteiger partial charge in [0.2, 0.25) is 0 Å². The number of nitrogens with zero attached hydrogens (tertiary/aromatic N) is 2. The first-order valence-electron chi connectivity index (χ1n) is 10.1. The molecule has 4 nitrogen and oxygen atoms in total. The van der Waals surface area contributed by atoms with Gasteiger partial charge >= 0.3 is 0 Å². The van der Waals surface area contributed by atoms with Gasteiger partial charge in [-0.1, -0.05) is 30.3 Å². The quantitative estimate of drug-likeness (QED) is 0.400. The minimum atomic E-state index is -0.359. The van der Waals surface area contributed by atoms with Gasteiger partial charge in [-0.05, 0) is 62.1 Å². The van der Waals surface area contributed by atoms with Crippen molar-refractivity contribution in [2.24, 2.45) is 0 Å². The third-order valence-corrected chi connectivity index (χ3v) is 6.91. The van der Waals surface area contributed by atoms with E-state index in [1.807, 2.05) is 39.8 Å². The van der Waals surface area contributed by atoms with E-state index in [1.54, 1.807) is 24.3 Å². The first-order chi connectivity index (χ1) is 14.8. The zero-order chi connectivity index (χ0) is 22.3. The number of hydrogen-bond acceptors (Lipinski definition) is 4. The van der Waals surface area contributed by atoms with E-state index >= 15 is 0 Å². The van der Waals surface area contributed by atoms with Crippen LogP contribution >= 0.6 is 11.3 Å². The maximum Gasteiger partial charge on any atom is 0.262 e. The fourth-order valence-corrected chi connectivity index (χ4v) is 4.67. The lowest BCUT2D eigenvalue weighted by Gasteiger charge is -2.13. The predicted octanol–water partition coefficient (Wildman–Crippen LogP) is 5.30. The summed E-state index contributed by atoms with van der Waals surface area (Å²) in [6.45, 7) is 7.64. The summed E-state index contributed by atoms with van der Waals surface area (Å²) in [5.74, 6) is -0.144. The molecule has 0 atom stereocenters. The van der Waals surface area contributed by atoms with Crippen LogP contribution in [0.5, 0.6) is 0 Å². The van der Waals surface area contributed by atoms with E-state index in [0.717, 1.165) is 21.6 Å². The Morgan fingerprint density at radius 2 is 1.81 bits per heavy atom. The molecule has 0 amide bonds. The van der Waals surface area contributed by atoms with E-state index in [1.165, 1.54) is 22.0 Å². The number of carbonyl (C=O) groups is 1. The number of aromatic nitrogens is 2. The van der Waals surface area contributed by atoms with Gasteiger partial charge in [0.1, 0.15) is 16.5 Å². The van der Waals surface area contributed by atoms with Gasteiger partial charge in [-0.25, -0.2) is 9.37 Å². The van der Waals surface area contributed by atoms with Crippen molar-refractivity contribution >= 4 is 27.3 Å². The highest BCUT2D eigenvalue weighted by atomic mass is 32.1. The Kier molecular flexibility index (Phi) is 5.58.